The summed E-state index contributed by atoms with van der Waals surface area (Å²) in [5.41, 5.74) is 0.0933. The number of hydrogen-bond donors (Lipinski definition) is 0. The van der Waals surface area contributed by atoms with Gasteiger partial charge in [-0.05, 0) is 63.3 Å². The Morgan fingerprint density at radius 2 is 2.04 bits per heavy atom. The normalized spacial score (nSPS) is 12.3. The van der Waals surface area contributed by atoms with Gasteiger partial charge in [-0.1, -0.05) is 11.6 Å². The van der Waals surface area contributed by atoms with Crippen molar-refractivity contribution >= 4 is 29.0 Å². The zero-order chi connectivity index (χ0) is 20.0. The highest BCUT2D eigenvalue weighted by atomic mass is 35.5. The fraction of sp³-hybridized carbons (Fsp3) is 0.474. The van der Waals surface area contributed by atoms with Gasteiger partial charge in [-0.15, -0.1) is 0 Å². The molecule has 0 bridgehead atoms. The Balaban J connectivity index is 2.41. The number of methoxy groups -OCH3 is 1. The molecule has 0 saturated carbocycles. The van der Waals surface area contributed by atoms with Crippen LogP contribution in [0.15, 0.2) is 29.4 Å². The van der Waals surface area contributed by atoms with Crippen molar-refractivity contribution in [2.45, 2.75) is 39.2 Å². The maximum Gasteiger partial charge on any atom is 0.282 e. The van der Waals surface area contributed by atoms with E-state index in [0.717, 1.165) is 0 Å². The maximum absolute atomic E-state index is 12.7. The predicted octanol–water partition coefficient (Wildman–Crippen LogP) is 4.84. The van der Waals surface area contributed by atoms with Gasteiger partial charge in [0.2, 0.25) is 0 Å². The van der Waals surface area contributed by atoms with Crippen LogP contribution in [-0.4, -0.2) is 30.3 Å². The monoisotopic (exact) mass is 414 g/mol. The molecule has 0 unspecified atom stereocenters. The zero-order valence-corrected chi connectivity index (χ0v) is 17.5. The lowest BCUT2D eigenvalue weighted by Crippen LogP contribution is -2.18. The molecule has 1 heterocycles. The van der Waals surface area contributed by atoms with Crippen LogP contribution in [0.5, 0.6) is 11.5 Å². The van der Waals surface area contributed by atoms with E-state index in [1.165, 1.54) is 24.7 Å². The van der Waals surface area contributed by atoms with Crippen LogP contribution in [0, 0.1) is 0 Å². The summed E-state index contributed by atoms with van der Waals surface area (Å²) < 4.78 is 25.7. The second-order valence-electron chi connectivity index (χ2n) is 6.89. The van der Waals surface area contributed by atoms with Crippen molar-refractivity contribution in [2.24, 2.45) is 4.99 Å². The molecule has 0 aliphatic heterocycles. The molecule has 0 atom stereocenters. The number of nitrogens with zero attached hydrogens (tertiary/aromatic N) is 2. The van der Waals surface area contributed by atoms with Crippen molar-refractivity contribution in [3.05, 3.63) is 39.7 Å². The molecule has 1 amide bonds. The van der Waals surface area contributed by atoms with Crippen LogP contribution in [0.25, 0.3) is 0 Å². The van der Waals surface area contributed by atoms with Crippen molar-refractivity contribution in [1.29, 1.82) is 0 Å². The molecule has 0 fully saturated rings. The number of rotatable bonds is 7. The average molecular weight is 415 g/mol. The Labute approximate surface area is 167 Å². The van der Waals surface area contributed by atoms with Crippen LogP contribution < -0.4 is 14.1 Å². The lowest BCUT2D eigenvalue weighted by Gasteiger charge is -2.18. The number of benzene rings is 1. The number of halogens is 2. The molecule has 5 nitrogen and oxygen atoms in total. The van der Waals surface area contributed by atoms with Crippen LogP contribution >= 0.6 is 23.1 Å². The fourth-order valence-corrected chi connectivity index (χ4v) is 3.32. The quantitative estimate of drug-likeness (QED) is 0.609. The van der Waals surface area contributed by atoms with Crippen LogP contribution in [0.1, 0.15) is 44.0 Å². The van der Waals surface area contributed by atoms with E-state index >= 15 is 0 Å². The van der Waals surface area contributed by atoms with Gasteiger partial charge in [-0.2, -0.15) is 4.99 Å². The molecule has 0 saturated heterocycles. The fourth-order valence-electron chi connectivity index (χ4n) is 2.21. The number of unbranched alkanes of at least 4 members (excludes halogenated alkanes) is 1. The molecule has 0 aliphatic rings. The first kappa shape index (κ1) is 21.4. The minimum Gasteiger partial charge on any atom is -0.496 e. The molecule has 0 spiro atoms. The van der Waals surface area contributed by atoms with Gasteiger partial charge in [0, 0.05) is 10.6 Å². The Morgan fingerprint density at radius 3 is 2.67 bits per heavy atom. The maximum atomic E-state index is 12.7. The van der Waals surface area contributed by atoms with Crippen molar-refractivity contribution < 1.29 is 18.7 Å². The molecule has 1 aromatic carbocycles. The molecule has 1 aromatic heterocycles. The highest BCUT2D eigenvalue weighted by Crippen LogP contribution is 2.24. The first-order valence-electron chi connectivity index (χ1n) is 8.61. The number of alkyl halides is 1. The number of ether oxygens (including phenoxy) is 2. The predicted molar refractivity (Wildman–Crippen MR) is 106 cm³/mol. The van der Waals surface area contributed by atoms with E-state index in [2.05, 4.69) is 4.99 Å². The second-order valence-corrected chi connectivity index (χ2v) is 8.29. The Hall–Kier alpha value is -1.86. The highest BCUT2D eigenvalue weighted by Gasteiger charge is 2.18. The third-order valence-corrected chi connectivity index (χ3v) is 5.22. The van der Waals surface area contributed by atoms with Gasteiger partial charge in [0.15, 0.2) is 10.4 Å². The van der Waals surface area contributed by atoms with Crippen molar-refractivity contribution in [3.63, 3.8) is 0 Å². The van der Waals surface area contributed by atoms with Crippen LogP contribution in [0.3, 0.4) is 0 Å². The molecule has 2 aromatic rings. The minimum atomic E-state index is -0.467. The van der Waals surface area contributed by atoms with Crippen LogP contribution in [0.4, 0.5) is 4.39 Å². The third kappa shape index (κ3) is 5.81. The van der Waals surface area contributed by atoms with Gasteiger partial charge in [0.05, 0.1) is 32.2 Å². The topological polar surface area (TPSA) is 52.8 Å². The molecule has 148 valence electrons. The van der Waals surface area contributed by atoms with Crippen molar-refractivity contribution in [3.8, 4) is 11.5 Å². The number of aromatic nitrogens is 1. The second kappa shape index (κ2) is 9.37. The largest absolute Gasteiger partial charge is 0.496 e. The summed E-state index contributed by atoms with van der Waals surface area (Å²) in [5.74, 6) is 0.438. The first-order chi connectivity index (χ1) is 12.8. The van der Waals surface area contributed by atoms with Gasteiger partial charge in [0.25, 0.3) is 5.91 Å². The summed E-state index contributed by atoms with van der Waals surface area (Å²) in [4.78, 5) is 17.0. The van der Waals surface area contributed by atoms with E-state index in [9.17, 15) is 9.18 Å². The Kier molecular flexibility index (Phi) is 7.44. The van der Waals surface area contributed by atoms with Crippen molar-refractivity contribution in [1.82, 2.24) is 3.96 Å². The van der Waals surface area contributed by atoms with Gasteiger partial charge < -0.3 is 9.47 Å². The summed E-state index contributed by atoms with van der Waals surface area (Å²) in [7, 11) is 1.48. The highest BCUT2D eigenvalue weighted by molar-refractivity contribution is 7.04. The van der Waals surface area contributed by atoms with E-state index in [4.69, 9.17) is 21.1 Å². The van der Waals surface area contributed by atoms with E-state index in [-0.39, 0.29) is 17.8 Å². The summed E-state index contributed by atoms with van der Waals surface area (Å²) in [6, 6.07) is 4.80. The smallest absolute Gasteiger partial charge is 0.282 e. The van der Waals surface area contributed by atoms with Gasteiger partial charge in [0.1, 0.15) is 5.75 Å². The summed E-state index contributed by atoms with van der Waals surface area (Å²) in [5, 5.41) is 0.424. The summed E-state index contributed by atoms with van der Waals surface area (Å²) in [6.45, 7) is 6.12. The molecule has 8 heteroatoms. The first-order valence-corrected chi connectivity index (χ1v) is 9.76. The average Bonchev–Trinajstić information content (AvgIpc) is 3.01. The van der Waals surface area contributed by atoms with Crippen molar-refractivity contribution in [2.75, 3.05) is 20.4 Å². The van der Waals surface area contributed by atoms with Gasteiger partial charge in [-0.3, -0.25) is 13.1 Å². The number of carbonyl (C=O) groups excluding carboxylic acids is 1. The van der Waals surface area contributed by atoms with Crippen LogP contribution in [0.2, 0.25) is 5.02 Å². The summed E-state index contributed by atoms with van der Waals surface area (Å²) in [6.07, 6.45) is 2.85. The SMILES string of the molecule is COc1ccc(Cl)cc1C(=O)/N=c1\sn(C(C)(C)C)cc1OCCCCF. The minimum absolute atomic E-state index is 0.188. The molecular formula is C19H24ClFN2O3S. The zero-order valence-electron chi connectivity index (χ0n) is 15.9. The Bertz CT molecular complexity index is 855. The molecule has 0 radical (unpaired) electrons. The Morgan fingerprint density at radius 1 is 1.30 bits per heavy atom. The number of carbonyl (C=O) groups is 1. The number of amides is 1. The van der Waals surface area contributed by atoms with E-state index in [0.29, 0.717) is 40.6 Å². The van der Waals surface area contributed by atoms with E-state index < -0.39 is 5.91 Å². The third-order valence-electron chi connectivity index (χ3n) is 3.67. The number of hydrogen-bond acceptors (Lipinski definition) is 4. The lowest BCUT2D eigenvalue weighted by molar-refractivity contribution is 0.0995. The van der Waals surface area contributed by atoms with Crippen LogP contribution in [-0.2, 0) is 5.54 Å². The van der Waals surface area contributed by atoms with E-state index in [1.807, 2.05) is 30.9 Å². The molecular weight excluding hydrogens is 391 g/mol. The molecule has 0 aliphatic carbocycles. The molecule has 27 heavy (non-hydrogen) atoms. The standard InChI is InChI=1S/C19H24ClFN2O3S/c1-19(2,3)23-12-16(26-10-6-5-9-21)18(27-23)22-17(24)14-11-13(20)7-8-15(14)25-4/h7-8,11-12H,5-6,9-10H2,1-4H3/b22-18-. The molecule has 2 rings (SSSR count). The molecule has 0 N–H and O–H groups in total. The van der Waals surface area contributed by atoms with E-state index in [1.54, 1.807) is 12.1 Å². The lowest BCUT2D eigenvalue weighted by atomic mass is 10.1. The van der Waals surface area contributed by atoms with Gasteiger partial charge >= 0.3 is 0 Å². The van der Waals surface area contributed by atoms with Gasteiger partial charge in [-0.25, -0.2) is 0 Å². The summed E-state index contributed by atoms with van der Waals surface area (Å²) >= 11 is 7.34.